The number of sulfone groups is 1. The molecule has 0 saturated heterocycles. The Morgan fingerprint density at radius 3 is 2.01 bits per heavy atom. The smallest absolute Gasteiger partial charge is 0.416 e. The third-order valence-electron chi connectivity index (χ3n) is 12.6. The molecule has 3 unspecified atom stereocenters. The van der Waals surface area contributed by atoms with Crippen molar-refractivity contribution in [1.29, 1.82) is 0 Å². The molecule has 4 aliphatic rings. The number of rotatable bonds is 7. The maximum Gasteiger partial charge on any atom is 0.416 e. The molecule has 0 aliphatic carbocycles. The first-order chi connectivity index (χ1) is 33.4. The summed E-state index contributed by atoms with van der Waals surface area (Å²) in [7, 11) is -5.27. The molecule has 10 rings (SSSR count). The van der Waals surface area contributed by atoms with E-state index < -0.39 is 137 Å². The number of ether oxygens (including phenoxy) is 2. The molecule has 0 fully saturated rings. The highest BCUT2D eigenvalue weighted by Crippen LogP contribution is 2.53. The van der Waals surface area contributed by atoms with E-state index in [9.17, 15) is 49.5 Å². The minimum atomic E-state index is -5.57. The minimum Gasteiger partial charge on any atom is -0.453 e. The number of benzene rings is 6. The summed E-state index contributed by atoms with van der Waals surface area (Å²) in [6.45, 7) is 1.44. The molecule has 4 amide bonds. The Balaban J connectivity index is 1.07. The van der Waals surface area contributed by atoms with Crippen molar-refractivity contribution in [3.05, 3.63) is 180 Å². The number of carbonyl (C=O) groups excluding carboxylic acids is 4. The number of carbonyl (C=O) groups is 4. The second-order valence-corrected chi connectivity index (χ2v) is 19.3. The van der Waals surface area contributed by atoms with Gasteiger partial charge in [0.05, 0.1) is 50.2 Å². The van der Waals surface area contributed by atoms with Crippen molar-refractivity contribution < 1.29 is 76.6 Å². The third kappa shape index (κ3) is 7.84. The van der Waals surface area contributed by atoms with Crippen LogP contribution in [0.3, 0.4) is 0 Å². The summed E-state index contributed by atoms with van der Waals surface area (Å²) in [6.07, 6.45) is -11.7. The van der Waals surface area contributed by atoms with E-state index in [1.54, 1.807) is 31.2 Å². The summed E-state index contributed by atoms with van der Waals surface area (Å²) in [4.78, 5) is 54.1. The lowest BCUT2D eigenvalue weighted by Gasteiger charge is -2.21. The fourth-order valence-corrected chi connectivity index (χ4v) is 11.8. The maximum absolute atomic E-state index is 16.7. The van der Waals surface area contributed by atoms with Crippen LogP contribution in [-0.4, -0.2) is 38.8 Å². The highest BCUT2D eigenvalue weighted by molar-refractivity contribution is 7.92. The maximum atomic E-state index is 16.7. The van der Waals surface area contributed by atoms with Gasteiger partial charge >= 0.3 is 12.4 Å². The molecule has 0 aromatic heterocycles. The lowest BCUT2D eigenvalue weighted by atomic mass is 9.90. The molecule has 23 heteroatoms. The number of alkyl halides is 6. The number of nitrogens with one attached hydrogen (secondary N) is 4. The van der Waals surface area contributed by atoms with Crippen LogP contribution in [0.1, 0.15) is 109 Å². The van der Waals surface area contributed by atoms with Crippen molar-refractivity contribution in [2.45, 2.75) is 47.9 Å². The van der Waals surface area contributed by atoms with Crippen LogP contribution in [0.4, 0.5) is 50.9 Å². The van der Waals surface area contributed by atoms with Crippen molar-refractivity contribution in [3.8, 4) is 11.5 Å². The first kappa shape index (κ1) is 47.1. The van der Waals surface area contributed by atoms with E-state index in [-0.39, 0.29) is 69.5 Å². The standard InChI is InChI=1S/C48H28ClF9N4O8S/c1-18-4-2-3-5-24(18)40-38-30(15-32-42(70-17-69-32)39(38)46(66)61-40)59-44(64)20-10-27(48(56,57)58)36(29(52)11-20)34-14-26-33(71(34,67)68)16-31(60-43(63)19-8-21(47(53,54)55)12-23(51)9-19)37-35(26)45(65)62-41(37)25-13-22(50)6-7-28(25)49/h2-13,15-16,34,40-41H,14,17H2,1H3,(H,59,64)(H,60,63)(H,61,66)(H,62,65). The monoisotopic (exact) mass is 1030 g/mol. The van der Waals surface area contributed by atoms with E-state index in [2.05, 4.69) is 21.3 Å². The number of hydrogen-bond donors (Lipinski definition) is 4. The average Bonchev–Trinajstić information content (AvgIpc) is 4.06. The zero-order valence-electron chi connectivity index (χ0n) is 35.7. The van der Waals surface area contributed by atoms with Gasteiger partial charge in [-0.2, -0.15) is 26.3 Å². The molecular formula is C48H28ClF9N4O8S. The largest absolute Gasteiger partial charge is 0.453 e. The lowest BCUT2D eigenvalue weighted by Crippen LogP contribution is -2.22. The van der Waals surface area contributed by atoms with Crippen LogP contribution in [0.2, 0.25) is 5.02 Å². The van der Waals surface area contributed by atoms with Crippen molar-refractivity contribution in [3.63, 3.8) is 0 Å². The molecule has 6 aromatic carbocycles. The summed E-state index contributed by atoms with van der Waals surface area (Å²) >= 11 is 6.38. The van der Waals surface area contributed by atoms with Crippen molar-refractivity contribution >= 4 is 56.4 Å². The van der Waals surface area contributed by atoms with E-state index in [1.165, 1.54) is 6.07 Å². The number of amides is 4. The summed E-state index contributed by atoms with van der Waals surface area (Å²) < 4.78 is 173. The zero-order chi connectivity index (χ0) is 50.8. The minimum absolute atomic E-state index is 0.000874. The first-order valence-corrected chi connectivity index (χ1v) is 22.8. The highest BCUT2D eigenvalue weighted by atomic mass is 35.5. The van der Waals surface area contributed by atoms with E-state index >= 15 is 17.6 Å². The molecule has 4 N–H and O–H groups in total. The second kappa shape index (κ2) is 16.5. The van der Waals surface area contributed by atoms with Crippen molar-refractivity contribution in [1.82, 2.24) is 10.6 Å². The van der Waals surface area contributed by atoms with Crippen molar-refractivity contribution in [2.24, 2.45) is 0 Å². The highest BCUT2D eigenvalue weighted by Gasteiger charge is 2.50. The Hall–Kier alpha value is -7.59. The van der Waals surface area contributed by atoms with Gasteiger partial charge in [0.15, 0.2) is 21.3 Å². The predicted molar refractivity (Wildman–Crippen MR) is 233 cm³/mol. The zero-order valence-corrected chi connectivity index (χ0v) is 37.3. The SMILES string of the molecule is Cc1ccccc1C1NC(=O)c2c3c(cc(NC(=O)c4cc(F)c(C5Cc6c(cc(NC(=O)c7cc(F)cc(C(F)(F)F)c7)c7c6C(=O)NC7c6cc(F)ccc6Cl)S5(=O)=O)c(C(F)(F)F)c4)c21)OCO3. The van der Waals surface area contributed by atoms with Gasteiger partial charge in [-0.25, -0.2) is 21.6 Å². The number of fused-ring (bicyclic) bond motifs is 6. The number of anilines is 2. The molecule has 71 heavy (non-hydrogen) atoms. The third-order valence-corrected chi connectivity index (χ3v) is 15.0. The molecule has 0 saturated carbocycles. The summed E-state index contributed by atoms with van der Waals surface area (Å²) in [5.74, 6) is -8.76. The van der Waals surface area contributed by atoms with Gasteiger partial charge < -0.3 is 30.7 Å². The van der Waals surface area contributed by atoms with Crippen LogP contribution in [0, 0.1) is 24.4 Å². The van der Waals surface area contributed by atoms with Gasteiger partial charge in [-0.05, 0) is 84.6 Å². The predicted octanol–water partition coefficient (Wildman–Crippen LogP) is 10.1. The van der Waals surface area contributed by atoms with E-state index in [1.807, 2.05) is 0 Å². The van der Waals surface area contributed by atoms with Crippen LogP contribution in [0.25, 0.3) is 0 Å². The van der Waals surface area contributed by atoms with Gasteiger partial charge in [0.2, 0.25) is 6.79 Å². The van der Waals surface area contributed by atoms with Gasteiger partial charge in [0.25, 0.3) is 23.6 Å². The Kier molecular flexibility index (Phi) is 11.0. The molecule has 4 heterocycles. The second-order valence-electron chi connectivity index (χ2n) is 16.8. The molecular weight excluding hydrogens is 999 g/mol. The molecule has 0 radical (unpaired) electrons. The summed E-state index contributed by atoms with van der Waals surface area (Å²) in [5, 5.41) is 7.22. The topological polar surface area (TPSA) is 169 Å². The number of aryl methyl sites for hydroxylation is 1. The van der Waals surface area contributed by atoms with Crippen LogP contribution < -0.4 is 30.7 Å². The van der Waals surface area contributed by atoms with E-state index in [0.717, 1.165) is 18.2 Å². The van der Waals surface area contributed by atoms with E-state index in [0.29, 0.717) is 29.3 Å². The molecule has 3 atom stereocenters. The van der Waals surface area contributed by atoms with Crippen LogP contribution in [0.15, 0.2) is 89.8 Å². The molecule has 0 bridgehead atoms. The lowest BCUT2D eigenvalue weighted by molar-refractivity contribution is -0.139. The van der Waals surface area contributed by atoms with Crippen LogP contribution in [0.5, 0.6) is 11.5 Å². The molecule has 4 aliphatic heterocycles. The van der Waals surface area contributed by atoms with Crippen LogP contribution >= 0.6 is 11.6 Å². The first-order valence-electron chi connectivity index (χ1n) is 20.9. The quantitative estimate of drug-likeness (QED) is 0.115. The molecule has 6 aromatic rings. The average molecular weight is 1030 g/mol. The van der Waals surface area contributed by atoms with Gasteiger partial charge in [0.1, 0.15) is 17.5 Å². The molecule has 12 nitrogen and oxygen atoms in total. The Bertz CT molecular complexity index is 3510. The van der Waals surface area contributed by atoms with Gasteiger partial charge in [-0.3, -0.25) is 19.2 Å². The number of halogens is 10. The Morgan fingerprint density at radius 1 is 0.704 bits per heavy atom. The normalized spacial score (nSPS) is 18.4. The summed E-state index contributed by atoms with van der Waals surface area (Å²) in [6, 6.07) is 10.7. The fraction of sp³-hybridized carbons (Fsp3) is 0.167. The van der Waals surface area contributed by atoms with Crippen molar-refractivity contribution in [2.75, 3.05) is 17.4 Å². The Morgan fingerprint density at radius 2 is 1.34 bits per heavy atom. The molecule has 364 valence electrons. The van der Waals surface area contributed by atoms with Gasteiger partial charge in [0, 0.05) is 50.2 Å². The number of hydrogen-bond acceptors (Lipinski definition) is 8. The fourth-order valence-electron chi connectivity index (χ4n) is 9.47. The Labute approximate surface area is 399 Å². The van der Waals surface area contributed by atoms with Gasteiger partial charge in [-0.1, -0.05) is 35.9 Å². The molecule has 0 spiro atoms. The summed E-state index contributed by atoms with van der Waals surface area (Å²) in [5.41, 5.74) is -7.86. The van der Waals surface area contributed by atoms with Crippen LogP contribution in [-0.2, 0) is 28.6 Å². The van der Waals surface area contributed by atoms with E-state index in [4.69, 9.17) is 21.1 Å². The van der Waals surface area contributed by atoms with Gasteiger partial charge in [-0.15, -0.1) is 0 Å².